The average Bonchev–Trinajstić information content (AvgIpc) is 3.32. The van der Waals surface area contributed by atoms with E-state index < -0.39 is 40.7 Å². The van der Waals surface area contributed by atoms with E-state index in [1.807, 2.05) is 83.1 Å². The Morgan fingerprint density at radius 2 is 0.667 bits per heavy atom. The lowest BCUT2D eigenvalue weighted by molar-refractivity contribution is 0.0181. The maximum absolute atomic E-state index is 13.6. The zero-order chi connectivity index (χ0) is 58.6. The minimum atomic E-state index is -0.681. The molecule has 0 atom stereocenters. The highest BCUT2D eigenvalue weighted by atomic mass is 16.6. The highest BCUT2D eigenvalue weighted by Crippen LogP contribution is 2.19. The number of hydrogen-bond acceptors (Lipinski definition) is 9. The molecule has 0 aliphatic rings. The number of rotatable bonds is 46. The minimum absolute atomic E-state index is 0.342. The van der Waals surface area contributed by atoms with Gasteiger partial charge in [0.25, 0.3) is 0 Å². The van der Waals surface area contributed by atoms with Gasteiger partial charge in [-0.15, -0.1) is 0 Å². The number of hydrogen-bond donors (Lipinski definition) is 2. The molecule has 460 valence electrons. The average molecular weight is 1110 g/mol. The van der Waals surface area contributed by atoms with Gasteiger partial charge in [0.15, 0.2) is 0 Å². The van der Waals surface area contributed by atoms with E-state index >= 15 is 0 Å². The van der Waals surface area contributed by atoms with Crippen molar-refractivity contribution in [3.05, 3.63) is 11.6 Å². The summed E-state index contributed by atoms with van der Waals surface area (Å²) in [4.78, 5) is 57.8. The van der Waals surface area contributed by atoms with Gasteiger partial charge in [0.1, 0.15) is 22.4 Å². The molecule has 13 nitrogen and oxygen atoms in total. The van der Waals surface area contributed by atoms with Crippen LogP contribution in [-0.4, -0.2) is 120 Å². The molecule has 0 aromatic rings. The van der Waals surface area contributed by atoms with Crippen molar-refractivity contribution in [1.29, 1.82) is 0 Å². The Morgan fingerprint density at radius 1 is 0.359 bits per heavy atom. The summed E-state index contributed by atoms with van der Waals surface area (Å²) in [5, 5.41) is 6.51. The molecule has 0 radical (unpaired) electrons. The van der Waals surface area contributed by atoms with Crippen molar-refractivity contribution in [2.75, 3.05) is 58.9 Å². The molecule has 0 aliphatic carbocycles. The highest BCUT2D eigenvalue weighted by molar-refractivity contribution is 5.69. The first-order valence-corrected chi connectivity index (χ1v) is 32.1. The van der Waals surface area contributed by atoms with Gasteiger partial charge in [0, 0.05) is 52.4 Å². The lowest BCUT2D eigenvalue weighted by Crippen LogP contribution is -2.42. The van der Waals surface area contributed by atoms with Crippen molar-refractivity contribution < 1.29 is 38.1 Å². The first kappa shape index (κ1) is 74.8. The van der Waals surface area contributed by atoms with Crippen LogP contribution in [0.25, 0.3) is 0 Å². The maximum atomic E-state index is 13.6. The van der Waals surface area contributed by atoms with E-state index in [1.165, 1.54) is 166 Å². The smallest absolute Gasteiger partial charge is 0.410 e. The second-order valence-corrected chi connectivity index (χ2v) is 26.3. The predicted molar refractivity (Wildman–Crippen MR) is 328 cm³/mol. The number of unbranched alkanes of at least 4 members (excludes halogenated alkanes) is 25. The molecule has 0 spiro atoms. The van der Waals surface area contributed by atoms with Crippen LogP contribution in [0.3, 0.4) is 0 Å². The summed E-state index contributed by atoms with van der Waals surface area (Å²) < 4.78 is 22.8. The van der Waals surface area contributed by atoms with Gasteiger partial charge >= 0.3 is 24.4 Å². The number of carbonyl (C=O) groups is 4. The number of carbonyl (C=O) groups excluding carboxylic acids is 4. The zero-order valence-electron chi connectivity index (χ0n) is 53.7. The van der Waals surface area contributed by atoms with Gasteiger partial charge in [-0.2, -0.15) is 0 Å². The van der Waals surface area contributed by atoms with Gasteiger partial charge in [0.2, 0.25) is 0 Å². The molecule has 13 heteroatoms. The van der Waals surface area contributed by atoms with Crippen LogP contribution in [0.1, 0.15) is 302 Å². The third-order valence-electron chi connectivity index (χ3n) is 13.4. The second kappa shape index (κ2) is 45.4. The Morgan fingerprint density at radius 3 is 1.03 bits per heavy atom. The molecular weight excluding hydrogens is 979 g/mol. The van der Waals surface area contributed by atoms with Crippen LogP contribution in [0, 0.1) is 0 Å². The largest absolute Gasteiger partial charge is 0.444 e. The molecule has 0 saturated carbocycles. The van der Waals surface area contributed by atoms with Gasteiger partial charge in [-0.25, -0.2) is 19.2 Å². The number of allylic oxidation sites excluding steroid dienone is 1. The zero-order valence-corrected chi connectivity index (χ0v) is 53.7. The van der Waals surface area contributed by atoms with Gasteiger partial charge in [-0.1, -0.05) is 173 Å². The third-order valence-corrected chi connectivity index (χ3v) is 13.4. The van der Waals surface area contributed by atoms with Crippen LogP contribution in [0.4, 0.5) is 19.2 Å². The highest BCUT2D eigenvalue weighted by Gasteiger charge is 2.26. The van der Waals surface area contributed by atoms with Crippen molar-refractivity contribution in [2.45, 2.75) is 325 Å². The normalized spacial score (nSPS) is 12.4. The van der Waals surface area contributed by atoms with Crippen molar-refractivity contribution in [1.82, 2.24) is 25.3 Å². The van der Waals surface area contributed by atoms with Crippen LogP contribution in [-0.2, 0) is 18.9 Å². The molecule has 0 unspecified atom stereocenters. The van der Waals surface area contributed by atoms with Crippen molar-refractivity contribution >= 4 is 24.4 Å². The molecule has 0 aromatic heterocycles. The fourth-order valence-corrected chi connectivity index (χ4v) is 9.26. The molecular formula is C65H127N5O8. The van der Waals surface area contributed by atoms with E-state index in [0.29, 0.717) is 71.5 Å². The van der Waals surface area contributed by atoms with E-state index in [0.717, 1.165) is 32.4 Å². The predicted octanol–water partition coefficient (Wildman–Crippen LogP) is 18.3. The van der Waals surface area contributed by atoms with Gasteiger partial charge < -0.3 is 44.3 Å². The first-order chi connectivity index (χ1) is 36.9. The summed E-state index contributed by atoms with van der Waals surface area (Å²) in [7, 11) is 0. The molecule has 0 bridgehead atoms. The standard InChI is InChI=1S/C65H127N5O8/c1-15-17-19-21-23-25-27-29-30-32-34-36-38-40-47-57(46-39-37-35-33-31-28-26-24-22-20-18-16-2)56-66-48-43-52-70(61(74)78-65(12,13)14)55-45-54-69(60(73)77-64(9,10)11)51-42-41-50-68(59(72)76-63(6,7)8)53-44-49-67-58(71)75-62(3,4)5/h47,66H,15-46,48-56H2,1-14H3,(H,67,71). The van der Waals surface area contributed by atoms with E-state index in [9.17, 15) is 19.2 Å². The number of alkyl carbamates (subject to hydrolysis) is 1. The fourth-order valence-electron chi connectivity index (χ4n) is 9.26. The van der Waals surface area contributed by atoms with E-state index in [1.54, 1.807) is 14.7 Å². The fraction of sp³-hybridized carbons (Fsp3) is 0.908. The van der Waals surface area contributed by atoms with E-state index in [2.05, 4.69) is 30.6 Å². The molecule has 4 amide bonds. The number of ether oxygens (including phenoxy) is 4. The monoisotopic (exact) mass is 1110 g/mol. The van der Waals surface area contributed by atoms with Gasteiger partial charge in [-0.3, -0.25) is 0 Å². The molecule has 0 heterocycles. The van der Waals surface area contributed by atoms with Crippen LogP contribution < -0.4 is 10.6 Å². The number of amides is 4. The number of nitrogens with one attached hydrogen (secondary N) is 2. The van der Waals surface area contributed by atoms with Crippen molar-refractivity contribution in [2.24, 2.45) is 0 Å². The summed E-state index contributed by atoms with van der Waals surface area (Å²) in [5.74, 6) is 0. The van der Waals surface area contributed by atoms with Crippen LogP contribution in [0.15, 0.2) is 11.6 Å². The molecule has 2 N–H and O–H groups in total. The molecule has 78 heavy (non-hydrogen) atoms. The van der Waals surface area contributed by atoms with Crippen molar-refractivity contribution in [3.8, 4) is 0 Å². The van der Waals surface area contributed by atoms with Crippen LogP contribution in [0.2, 0.25) is 0 Å². The molecule has 0 rings (SSSR count). The summed E-state index contributed by atoms with van der Waals surface area (Å²) in [6.45, 7) is 31.4. The van der Waals surface area contributed by atoms with Crippen LogP contribution in [0.5, 0.6) is 0 Å². The topological polar surface area (TPSA) is 139 Å². The van der Waals surface area contributed by atoms with E-state index in [4.69, 9.17) is 18.9 Å². The van der Waals surface area contributed by atoms with Gasteiger partial charge in [0.05, 0.1) is 0 Å². The summed E-state index contributed by atoms with van der Waals surface area (Å²) >= 11 is 0. The Bertz CT molecular complexity index is 1530. The summed E-state index contributed by atoms with van der Waals surface area (Å²) in [6, 6.07) is 0. The first-order valence-electron chi connectivity index (χ1n) is 32.1. The Balaban J connectivity index is 5.52. The Hall–Kier alpha value is -3.22. The van der Waals surface area contributed by atoms with Crippen molar-refractivity contribution in [3.63, 3.8) is 0 Å². The van der Waals surface area contributed by atoms with E-state index in [-0.39, 0.29) is 6.09 Å². The lowest BCUT2D eigenvalue weighted by Gasteiger charge is -2.30. The second-order valence-electron chi connectivity index (χ2n) is 26.3. The Kier molecular flexibility index (Phi) is 43.5. The quantitative estimate of drug-likeness (QED) is 0.0346. The minimum Gasteiger partial charge on any atom is -0.444 e. The summed E-state index contributed by atoms with van der Waals surface area (Å²) in [6.07, 6.45) is 40.4. The molecule has 0 aliphatic heterocycles. The number of nitrogens with zero attached hydrogens (tertiary/aromatic N) is 3. The maximum Gasteiger partial charge on any atom is 0.410 e. The third kappa shape index (κ3) is 49.8. The molecule has 0 aromatic carbocycles. The Labute approximate surface area is 481 Å². The summed E-state index contributed by atoms with van der Waals surface area (Å²) in [5.41, 5.74) is -1.07. The van der Waals surface area contributed by atoms with Gasteiger partial charge in [-0.05, 0) is 147 Å². The lowest BCUT2D eigenvalue weighted by atomic mass is 10.0. The molecule has 0 saturated heterocycles. The molecule has 0 fully saturated rings. The van der Waals surface area contributed by atoms with Crippen LogP contribution >= 0.6 is 0 Å². The SMILES string of the molecule is CCCCCCCCCCCCCCCC=C(CCCCCCCCCCCCCC)CNCCCN(CCCN(CCCCN(CCCNC(=O)OC(C)(C)C)C(=O)OC(C)(C)C)C(=O)OC(C)(C)C)C(=O)OC(C)(C)C.